The third kappa shape index (κ3) is 5.04. The fourth-order valence-corrected chi connectivity index (χ4v) is 2.74. The van der Waals surface area contributed by atoms with Crippen molar-refractivity contribution in [1.29, 1.82) is 5.26 Å². The van der Waals surface area contributed by atoms with Crippen LogP contribution >= 0.6 is 0 Å². The molecule has 0 aliphatic carbocycles. The molecule has 114 valence electrons. The number of rotatable bonds is 6. The van der Waals surface area contributed by atoms with Crippen molar-refractivity contribution in [3.8, 4) is 11.8 Å². The average Bonchev–Trinajstić information content (AvgIpc) is 2.49. The first kappa shape index (κ1) is 15.8. The van der Waals surface area contributed by atoms with E-state index in [1.54, 1.807) is 0 Å². The van der Waals surface area contributed by atoms with Gasteiger partial charge in [0.15, 0.2) is 0 Å². The van der Waals surface area contributed by atoms with Gasteiger partial charge in [-0.1, -0.05) is 18.6 Å². The number of hydrogen-bond donors (Lipinski definition) is 1. The summed E-state index contributed by atoms with van der Waals surface area (Å²) in [6, 6.07) is 10.1. The van der Waals surface area contributed by atoms with Gasteiger partial charge in [-0.25, -0.2) is 0 Å². The van der Waals surface area contributed by atoms with Crippen molar-refractivity contribution in [3.05, 3.63) is 29.8 Å². The summed E-state index contributed by atoms with van der Waals surface area (Å²) in [6.45, 7) is 4.27. The van der Waals surface area contributed by atoms with Gasteiger partial charge in [0.1, 0.15) is 18.5 Å². The maximum absolute atomic E-state index is 10.1. The Morgan fingerprint density at radius 1 is 1.38 bits per heavy atom. The number of β-amino-alcohol motifs (C(OH)–C–C–N with tert-alkyl or cyclic N) is 1. The maximum Gasteiger partial charge on any atom is 0.119 e. The molecule has 1 aliphatic rings. The molecule has 4 nitrogen and oxygen atoms in total. The van der Waals surface area contributed by atoms with Gasteiger partial charge in [0.25, 0.3) is 0 Å². The largest absolute Gasteiger partial charge is 0.491 e. The summed E-state index contributed by atoms with van der Waals surface area (Å²) in [4.78, 5) is 2.34. The molecule has 0 radical (unpaired) electrons. The summed E-state index contributed by atoms with van der Waals surface area (Å²) in [7, 11) is 0. The standard InChI is InChI=1S/C17H24N2O2/c1-14-4-2-3-11-19(14)12-16(20)13-21-17-7-5-15(6-8-17)9-10-18/h5-8,14,16,20H,2-4,9,11-13H2,1H3/t14-,16-/m1/s1. The molecule has 2 atom stereocenters. The molecule has 0 amide bonds. The number of aliphatic hydroxyl groups is 1. The lowest BCUT2D eigenvalue weighted by Gasteiger charge is -2.34. The van der Waals surface area contributed by atoms with Crippen molar-refractivity contribution in [3.63, 3.8) is 0 Å². The SMILES string of the molecule is C[C@@H]1CCCCN1C[C@@H](O)COc1ccc(CC#N)cc1. The zero-order valence-corrected chi connectivity index (χ0v) is 12.7. The van der Waals surface area contributed by atoms with Crippen LogP contribution < -0.4 is 4.74 Å². The topological polar surface area (TPSA) is 56.5 Å². The first-order valence-corrected chi connectivity index (χ1v) is 7.70. The molecule has 0 bridgehead atoms. The van der Waals surface area contributed by atoms with E-state index in [2.05, 4.69) is 17.9 Å². The lowest BCUT2D eigenvalue weighted by molar-refractivity contribution is 0.0438. The predicted molar refractivity (Wildman–Crippen MR) is 82.1 cm³/mol. The van der Waals surface area contributed by atoms with Crippen LogP contribution in [0, 0.1) is 11.3 Å². The number of nitriles is 1. The van der Waals surface area contributed by atoms with Gasteiger partial charge >= 0.3 is 0 Å². The van der Waals surface area contributed by atoms with Crippen molar-refractivity contribution in [1.82, 2.24) is 4.90 Å². The minimum atomic E-state index is -0.468. The highest BCUT2D eigenvalue weighted by atomic mass is 16.5. The minimum absolute atomic E-state index is 0.306. The summed E-state index contributed by atoms with van der Waals surface area (Å²) < 4.78 is 5.62. The quantitative estimate of drug-likeness (QED) is 0.873. The molecule has 1 aromatic rings. The van der Waals surface area contributed by atoms with E-state index in [0.717, 1.165) is 17.9 Å². The molecule has 1 fully saturated rings. The van der Waals surface area contributed by atoms with Gasteiger partial charge in [-0.2, -0.15) is 5.26 Å². The monoisotopic (exact) mass is 288 g/mol. The number of ether oxygens (including phenoxy) is 1. The third-order valence-electron chi connectivity index (χ3n) is 4.03. The zero-order valence-electron chi connectivity index (χ0n) is 12.7. The van der Waals surface area contributed by atoms with Crippen molar-refractivity contribution in [2.45, 2.75) is 44.8 Å². The van der Waals surface area contributed by atoms with Crippen molar-refractivity contribution in [2.75, 3.05) is 19.7 Å². The van der Waals surface area contributed by atoms with E-state index in [4.69, 9.17) is 10.00 Å². The van der Waals surface area contributed by atoms with Crippen molar-refractivity contribution < 1.29 is 9.84 Å². The van der Waals surface area contributed by atoms with Crippen molar-refractivity contribution >= 4 is 0 Å². The van der Waals surface area contributed by atoms with Crippen LogP contribution in [0.25, 0.3) is 0 Å². The predicted octanol–water partition coefficient (Wildman–Crippen LogP) is 2.37. The lowest BCUT2D eigenvalue weighted by Crippen LogP contribution is -2.43. The van der Waals surface area contributed by atoms with Gasteiger partial charge in [0, 0.05) is 12.6 Å². The fraction of sp³-hybridized carbons (Fsp3) is 0.588. The molecule has 0 spiro atoms. The number of nitrogens with zero attached hydrogens (tertiary/aromatic N) is 2. The molecule has 4 heteroatoms. The van der Waals surface area contributed by atoms with E-state index in [1.165, 1.54) is 19.3 Å². The number of benzene rings is 1. The van der Waals surface area contributed by atoms with E-state index in [-0.39, 0.29) is 0 Å². The van der Waals surface area contributed by atoms with E-state index < -0.39 is 6.10 Å². The first-order chi connectivity index (χ1) is 10.2. The van der Waals surface area contributed by atoms with Crippen LogP contribution in [-0.2, 0) is 6.42 Å². The van der Waals surface area contributed by atoms with Gasteiger partial charge in [0.05, 0.1) is 12.5 Å². The molecular formula is C17H24N2O2. The molecule has 1 saturated heterocycles. The Hall–Kier alpha value is -1.57. The second-order valence-electron chi connectivity index (χ2n) is 5.78. The average molecular weight is 288 g/mol. The van der Waals surface area contributed by atoms with Crippen LogP contribution in [0.4, 0.5) is 0 Å². The second-order valence-corrected chi connectivity index (χ2v) is 5.78. The number of hydrogen-bond acceptors (Lipinski definition) is 4. The highest BCUT2D eigenvalue weighted by Gasteiger charge is 2.20. The Morgan fingerprint density at radius 2 is 2.14 bits per heavy atom. The highest BCUT2D eigenvalue weighted by Crippen LogP contribution is 2.17. The van der Waals surface area contributed by atoms with E-state index in [9.17, 15) is 5.11 Å². The zero-order chi connectivity index (χ0) is 15.1. The van der Waals surface area contributed by atoms with Crippen LogP contribution in [0.15, 0.2) is 24.3 Å². The van der Waals surface area contributed by atoms with Crippen molar-refractivity contribution in [2.24, 2.45) is 0 Å². The molecule has 0 saturated carbocycles. The molecule has 0 aromatic heterocycles. The van der Waals surface area contributed by atoms with E-state index >= 15 is 0 Å². The summed E-state index contributed by atoms with van der Waals surface area (Å²) in [6.07, 6.45) is 3.67. The maximum atomic E-state index is 10.1. The van der Waals surface area contributed by atoms with E-state index in [1.807, 2.05) is 24.3 Å². The summed E-state index contributed by atoms with van der Waals surface area (Å²) in [5.41, 5.74) is 0.979. The summed E-state index contributed by atoms with van der Waals surface area (Å²) in [5, 5.41) is 18.7. The van der Waals surface area contributed by atoms with Gasteiger partial charge in [-0.05, 0) is 44.0 Å². The Labute approximate surface area is 127 Å². The summed E-state index contributed by atoms with van der Waals surface area (Å²) in [5.74, 6) is 0.738. The number of aliphatic hydroxyl groups excluding tert-OH is 1. The van der Waals surface area contributed by atoms with Gasteiger partial charge in [0.2, 0.25) is 0 Å². The second kappa shape index (κ2) is 8.02. The lowest BCUT2D eigenvalue weighted by atomic mass is 10.0. The van der Waals surface area contributed by atoms with Gasteiger partial charge < -0.3 is 9.84 Å². The Bertz CT molecular complexity index is 467. The first-order valence-electron chi connectivity index (χ1n) is 7.70. The molecule has 21 heavy (non-hydrogen) atoms. The van der Waals surface area contributed by atoms with Crippen LogP contribution in [-0.4, -0.2) is 41.8 Å². The fourth-order valence-electron chi connectivity index (χ4n) is 2.74. The highest BCUT2D eigenvalue weighted by molar-refractivity contribution is 5.28. The van der Waals surface area contributed by atoms with Gasteiger partial charge in [-0.3, -0.25) is 4.90 Å². The molecule has 1 heterocycles. The summed E-state index contributed by atoms with van der Waals surface area (Å²) >= 11 is 0. The van der Waals surface area contributed by atoms with E-state index in [0.29, 0.717) is 25.6 Å². The Balaban J connectivity index is 1.75. The third-order valence-corrected chi connectivity index (χ3v) is 4.03. The smallest absolute Gasteiger partial charge is 0.119 e. The van der Waals surface area contributed by atoms with Crippen LogP contribution in [0.2, 0.25) is 0 Å². The molecule has 0 unspecified atom stereocenters. The minimum Gasteiger partial charge on any atom is -0.491 e. The molecular weight excluding hydrogens is 264 g/mol. The Morgan fingerprint density at radius 3 is 2.81 bits per heavy atom. The normalized spacial score (nSPS) is 20.7. The Kier molecular flexibility index (Phi) is 6.04. The molecule has 2 rings (SSSR count). The molecule has 1 N–H and O–H groups in total. The molecule has 1 aromatic carbocycles. The van der Waals surface area contributed by atoms with Crippen LogP contribution in [0.3, 0.4) is 0 Å². The molecule has 1 aliphatic heterocycles. The number of likely N-dealkylation sites (tertiary alicyclic amines) is 1. The van der Waals surface area contributed by atoms with Crippen LogP contribution in [0.1, 0.15) is 31.7 Å². The van der Waals surface area contributed by atoms with Crippen LogP contribution in [0.5, 0.6) is 5.75 Å². The van der Waals surface area contributed by atoms with Gasteiger partial charge in [-0.15, -0.1) is 0 Å². The number of piperidine rings is 1.